The largest absolute Gasteiger partial charge is 0.335 e. The summed E-state index contributed by atoms with van der Waals surface area (Å²) in [6, 6.07) is 7.56. The average molecular weight is 303 g/mol. The Morgan fingerprint density at radius 2 is 1.64 bits per heavy atom. The van der Waals surface area contributed by atoms with Gasteiger partial charge in [0.1, 0.15) is 0 Å². The van der Waals surface area contributed by atoms with Crippen molar-refractivity contribution >= 4 is 11.9 Å². The summed E-state index contributed by atoms with van der Waals surface area (Å²) in [6.07, 6.45) is 0. The fourth-order valence-electron chi connectivity index (χ4n) is 2.47. The number of nitrogens with zero attached hydrogens (tertiary/aromatic N) is 2. The van der Waals surface area contributed by atoms with Gasteiger partial charge in [-0.3, -0.25) is 4.79 Å². The zero-order chi connectivity index (χ0) is 16.3. The molecule has 1 aromatic rings. The summed E-state index contributed by atoms with van der Waals surface area (Å²) in [5.74, 6) is 0.0413. The van der Waals surface area contributed by atoms with Crippen LogP contribution in [0.3, 0.4) is 0 Å². The fourth-order valence-corrected chi connectivity index (χ4v) is 2.47. The first kappa shape index (κ1) is 16.3. The van der Waals surface area contributed by atoms with Gasteiger partial charge < -0.3 is 15.1 Å². The maximum Gasteiger partial charge on any atom is 0.317 e. The van der Waals surface area contributed by atoms with Crippen molar-refractivity contribution in [3.05, 3.63) is 35.4 Å². The molecule has 5 heteroatoms. The van der Waals surface area contributed by atoms with Crippen molar-refractivity contribution < 1.29 is 9.59 Å². The second-order valence-electron chi connectivity index (χ2n) is 6.83. The van der Waals surface area contributed by atoms with Gasteiger partial charge in [-0.15, -0.1) is 0 Å². The molecular weight excluding hydrogens is 278 g/mol. The molecule has 2 rings (SSSR count). The molecule has 1 aliphatic heterocycles. The lowest BCUT2D eigenvalue weighted by atomic mass is 10.1. The van der Waals surface area contributed by atoms with Gasteiger partial charge in [-0.25, -0.2) is 4.79 Å². The van der Waals surface area contributed by atoms with E-state index in [2.05, 4.69) is 5.32 Å². The van der Waals surface area contributed by atoms with Crippen LogP contribution >= 0.6 is 0 Å². The van der Waals surface area contributed by atoms with Crippen molar-refractivity contribution in [3.63, 3.8) is 0 Å². The summed E-state index contributed by atoms with van der Waals surface area (Å²) in [5.41, 5.74) is 1.55. The second-order valence-corrected chi connectivity index (χ2v) is 6.83. The minimum Gasteiger partial charge on any atom is -0.335 e. The van der Waals surface area contributed by atoms with Crippen LogP contribution in [0.4, 0.5) is 4.79 Å². The molecule has 1 heterocycles. The Kier molecular flexibility index (Phi) is 4.74. The van der Waals surface area contributed by atoms with Crippen LogP contribution in [0.25, 0.3) is 0 Å². The van der Waals surface area contributed by atoms with E-state index >= 15 is 0 Å². The molecule has 0 atom stereocenters. The van der Waals surface area contributed by atoms with Crippen molar-refractivity contribution in [2.24, 2.45) is 0 Å². The molecular formula is C17H25N3O2. The molecule has 0 aliphatic carbocycles. The molecule has 5 nitrogen and oxygen atoms in total. The van der Waals surface area contributed by atoms with E-state index in [4.69, 9.17) is 0 Å². The van der Waals surface area contributed by atoms with Crippen LogP contribution in [-0.4, -0.2) is 53.5 Å². The van der Waals surface area contributed by atoms with Crippen molar-refractivity contribution in [1.82, 2.24) is 15.1 Å². The summed E-state index contributed by atoms with van der Waals surface area (Å²) >= 11 is 0. The normalized spacial score (nSPS) is 15.6. The van der Waals surface area contributed by atoms with Crippen LogP contribution in [0.1, 0.15) is 36.7 Å². The van der Waals surface area contributed by atoms with E-state index < -0.39 is 0 Å². The van der Waals surface area contributed by atoms with Gasteiger partial charge in [0.15, 0.2) is 0 Å². The standard InChI is InChI=1S/C17H25N3O2/c1-13-6-5-7-14(12-13)15(21)19-8-10-20(11-9-19)16(22)18-17(2,3)4/h5-7,12H,8-11H2,1-4H3,(H,18,22). The Labute approximate surface area is 132 Å². The third-order valence-electron chi connectivity index (χ3n) is 3.60. The molecule has 120 valence electrons. The van der Waals surface area contributed by atoms with Crippen LogP contribution in [-0.2, 0) is 0 Å². The summed E-state index contributed by atoms with van der Waals surface area (Å²) in [5, 5.41) is 2.96. The summed E-state index contributed by atoms with van der Waals surface area (Å²) in [7, 11) is 0. The molecule has 1 fully saturated rings. The van der Waals surface area contributed by atoms with E-state index in [0.29, 0.717) is 31.7 Å². The van der Waals surface area contributed by atoms with Gasteiger partial charge in [-0.05, 0) is 39.8 Å². The van der Waals surface area contributed by atoms with Crippen molar-refractivity contribution in [3.8, 4) is 0 Å². The summed E-state index contributed by atoms with van der Waals surface area (Å²) in [6.45, 7) is 10.1. The van der Waals surface area contributed by atoms with Gasteiger partial charge in [0.05, 0.1) is 0 Å². The van der Waals surface area contributed by atoms with E-state index in [1.165, 1.54) is 0 Å². The Hall–Kier alpha value is -2.04. The summed E-state index contributed by atoms with van der Waals surface area (Å²) < 4.78 is 0. The topological polar surface area (TPSA) is 52.7 Å². The number of rotatable bonds is 1. The molecule has 1 aromatic carbocycles. The third-order valence-corrected chi connectivity index (χ3v) is 3.60. The van der Waals surface area contributed by atoms with Crippen LogP contribution in [0.15, 0.2) is 24.3 Å². The number of aryl methyl sites for hydroxylation is 1. The number of urea groups is 1. The monoisotopic (exact) mass is 303 g/mol. The molecule has 0 spiro atoms. The number of carbonyl (C=O) groups is 2. The highest BCUT2D eigenvalue weighted by atomic mass is 16.2. The van der Waals surface area contributed by atoms with Gasteiger partial charge in [0, 0.05) is 37.3 Å². The van der Waals surface area contributed by atoms with Crippen molar-refractivity contribution in [1.29, 1.82) is 0 Å². The third kappa shape index (κ3) is 4.23. The number of piperazine rings is 1. The molecule has 0 unspecified atom stereocenters. The first-order valence-electron chi connectivity index (χ1n) is 7.69. The molecule has 1 saturated heterocycles. The van der Waals surface area contributed by atoms with Gasteiger partial charge in [-0.1, -0.05) is 17.7 Å². The molecule has 1 aliphatic rings. The zero-order valence-corrected chi connectivity index (χ0v) is 13.8. The Morgan fingerprint density at radius 3 is 2.18 bits per heavy atom. The Morgan fingerprint density at radius 1 is 1.05 bits per heavy atom. The smallest absolute Gasteiger partial charge is 0.317 e. The maximum atomic E-state index is 12.5. The van der Waals surface area contributed by atoms with Gasteiger partial charge in [-0.2, -0.15) is 0 Å². The number of hydrogen-bond acceptors (Lipinski definition) is 2. The van der Waals surface area contributed by atoms with Gasteiger partial charge in [0.25, 0.3) is 5.91 Å². The molecule has 1 N–H and O–H groups in total. The minimum absolute atomic E-state index is 0.0413. The maximum absolute atomic E-state index is 12.5. The van der Waals surface area contributed by atoms with E-state index in [-0.39, 0.29) is 17.5 Å². The number of hydrogen-bond donors (Lipinski definition) is 1. The predicted octanol–water partition coefficient (Wildman–Crippen LogP) is 2.26. The Bertz CT molecular complexity index is 555. The van der Waals surface area contributed by atoms with Crippen molar-refractivity contribution in [2.75, 3.05) is 26.2 Å². The number of benzene rings is 1. The lowest BCUT2D eigenvalue weighted by Gasteiger charge is -2.36. The first-order chi connectivity index (χ1) is 10.3. The van der Waals surface area contributed by atoms with Gasteiger partial charge in [0.2, 0.25) is 0 Å². The number of carbonyl (C=O) groups excluding carboxylic acids is 2. The van der Waals surface area contributed by atoms with Crippen LogP contribution in [0, 0.1) is 6.92 Å². The molecule has 0 aromatic heterocycles. The van der Waals surface area contributed by atoms with Crippen LogP contribution < -0.4 is 5.32 Å². The molecule has 0 saturated carbocycles. The highest BCUT2D eigenvalue weighted by Crippen LogP contribution is 2.11. The van der Waals surface area contributed by atoms with Crippen molar-refractivity contribution in [2.45, 2.75) is 33.2 Å². The molecule has 22 heavy (non-hydrogen) atoms. The van der Waals surface area contributed by atoms with Crippen LogP contribution in [0.5, 0.6) is 0 Å². The number of amides is 3. The predicted molar refractivity (Wildman–Crippen MR) is 86.9 cm³/mol. The van der Waals surface area contributed by atoms with E-state index in [1.54, 1.807) is 4.90 Å². The highest BCUT2D eigenvalue weighted by Gasteiger charge is 2.26. The lowest BCUT2D eigenvalue weighted by Crippen LogP contribution is -2.56. The summed E-state index contributed by atoms with van der Waals surface area (Å²) in [4.78, 5) is 28.2. The van der Waals surface area contributed by atoms with Crippen LogP contribution in [0.2, 0.25) is 0 Å². The first-order valence-corrected chi connectivity index (χ1v) is 7.69. The highest BCUT2D eigenvalue weighted by molar-refractivity contribution is 5.94. The second kappa shape index (κ2) is 6.38. The lowest BCUT2D eigenvalue weighted by molar-refractivity contribution is 0.0661. The average Bonchev–Trinajstić information content (AvgIpc) is 2.45. The SMILES string of the molecule is Cc1cccc(C(=O)N2CCN(C(=O)NC(C)(C)C)CC2)c1. The molecule has 0 radical (unpaired) electrons. The van der Waals surface area contributed by atoms with E-state index in [1.807, 2.05) is 56.9 Å². The number of nitrogens with one attached hydrogen (secondary N) is 1. The molecule has 0 bridgehead atoms. The zero-order valence-electron chi connectivity index (χ0n) is 13.8. The fraction of sp³-hybridized carbons (Fsp3) is 0.529. The van der Waals surface area contributed by atoms with E-state index in [9.17, 15) is 9.59 Å². The Balaban J connectivity index is 1.92. The minimum atomic E-state index is -0.244. The molecule has 3 amide bonds. The quantitative estimate of drug-likeness (QED) is 0.865. The van der Waals surface area contributed by atoms with E-state index in [0.717, 1.165) is 5.56 Å². The van der Waals surface area contributed by atoms with Gasteiger partial charge >= 0.3 is 6.03 Å².